The SMILES string of the molecule is CC(C)C(Nc1ccccc1CNC(=O)C1SCCN1C(=O)CC(N)Cc1cc(F)c(F)cc1F)C(=O)O. The number of carboxylic acid groups (broad SMARTS) is 1. The Morgan fingerprint density at radius 2 is 1.79 bits per heavy atom. The minimum absolute atomic E-state index is 0.112. The number of carbonyl (C=O) groups excluding carboxylic acids is 2. The maximum absolute atomic E-state index is 14.0. The normalized spacial score (nSPS) is 16.8. The molecule has 1 aliphatic rings. The Hall–Kier alpha value is -3.25. The molecule has 3 rings (SSSR count). The summed E-state index contributed by atoms with van der Waals surface area (Å²) in [5.74, 6) is -4.88. The highest BCUT2D eigenvalue weighted by atomic mass is 32.2. The molecule has 2 aromatic rings. The van der Waals surface area contributed by atoms with E-state index in [1.807, 2.05) is 0 Å². The molecule has 8 nitrogen and oxygen atoms in total. The number of thioether (sulfide) groups is 1. The van der Waals surface area contributed by atoms with Crippen LogP contribution in [0.3, 0.4) is 0 Å². The highest BCUT2D eigenvalue weighted by molar-refractivity contribution is 8.00. The fraction of sp³-hybridized carbons (Fsp3) is 0.423. The van der Waals surface area contributed by atoms with E-state index in [1.54, 1.807) is 38.1 Å². The lowest BCUT2D eigenvalue weighted by Gasteiger charge is -2.25. The van der Waals surface area contributed by atoms with Gasteiger partial charge in [-0.15, -0.1) is 11.8 Å². The van der Waals surface area contributed by atoms with Crippen molar-refractivity contribution in [3.63, 3.8) is 0 Å². The number of carboxylic acids is 1. The molecule has 2 amide bonds. The molecule has 3 atom stereocenters. The van der Waals surface area contributed by atoms with E-state index < -0.39 is 52.7 Å². The van der Waals surface area contributed by atoms with Crippen LogP contribution in [0.1, 0.15) is 31.4 Å². The first-order valence-corrected chi connectivity index (χ1v) is 13.2. The number of para-hydroxylation sites is 1. The Kier molecular flexibility index (Phi) is 10.0. The number of nitrogens with one attached hydrogen (secondary N) is 2. The number of hydrogen-bond acceptors (Lipinski definition) is 6. The number of nitrogens with two attached hydrogens (primary N) is 1. The number of amides is 2. The maximum Gasteiger partial charge on any atom is 0.326 e. The second-order valence-electron chi connectivity index (χ2n) is 9.42. The molecular formula is C26H31F3N4O4S. The molecule has 0 bridgehead atoms. The predicted molar refractivity (Wildman–Crippen MR) is 139 cm³/mol. The van der Waals surface area contributed by atoms with Crippen LogP contribution in [-0.2, 0) is 27.3 Å². The van der Waals surface area contributed by atoms with Gasteiger partial charge in [-0.05, 0) is 35.6 Å². The van der Waals surface area contributed by atoms with Crippen molar-refractivity contribution in [2.24, 2.45) is 11.7 Å². The molecule has 38 heavy (non-hydrogen) atoms. The van der Waals surface area contributed by atoms with Crippen LogP contribution in [0.4, 0.5) is 18.9 Å². The third kappa shape index (κ3) is 7.41. The van der Waals surface area contributed by atoms with Crippen LogP contribution >= 0.6 is 11.8 Å². The van der Waals surface area contributed by atoms with Gasteiger partial charge in [0, 0.05) is 43.1 Å². The molecule has 0 spiro atoms. The van der Waals surface area contributed by atoms with Crippen LogP contribution in [0.2, 0.25) is 0 Å². The predicted octanol–water partition coefficient (Wildman–Crippen LogP) is 3.10. The lowest BCUT2D eigenvalue weighted by molar-refractivity contribution is -0.138. The zero-order valence-corrected chi connectivity index (χ0v) is 21.9. The third-order valence-corrected chi connectivity index (χ3v) is 7.36. The largest absolute Gasteiger partial charge is 0.480 e. The van der Waals surface area contributed by atoms with Gasteiger partial charge in [-0.2, -0.15) is 0 Å². The van der Waals surface area contributed by atoms with Gasteiger partial charge in [0.2, 0.25) is 5.91 Å². The average Bonchev–Trinajstić information content (AvgIpc) is 3.35. The summed E-state index contributed by atoms with van der Waals surface area (Å²) in [6.45, 7) is 4.01. The van der Waals surface area contributed by atoms with Crippen molar-refractivity contribution in [2.75, 3.05) is 17.6 Å². The van der Waals surface area contributed by atoms with Gasteiger partial charge in [0.15, 0.2) is 17.0 Å². The molecule has 0 aromatic heterocycles. The molecule has 1 fully saturated rings. The van der Waals surface area contributed by atoms with Crippen molar-refractivity contribution in [1.82, 2.24) is 10.2 Å². The second-order valence-corrected chi connectivity index (χ2v) is 10.6. The Labute approximate surface area is 223 Å². The Bertz CT molecular complexity index is 1180. The Morgan fingerprint density at radius 1 is 1.11 bits per heavy atom. The Balaban J connectivity index is 1.60. The van der Waals surface area contributed by atoms with E-state index in [1.165, 1.54) is 16.7 Å². The fourth-order valence-electron chi connectivity index (χ4n) is 4.12. The van der Waals surface area contributed by atoms with Crippen LogP contribution in [0.15, 0.2) is 36.4 Å². The van der Waals surface area contributed by atoms with Crippen LogP contribution in [-0.4, -0.2) is 57.5 Å². The summed E-state index contributed by atoms with van der Waals surface area (Å²) in [5.41, 5.74) is 7.13. The van der Waals surface area contributed by atoms with E-state index in [9.17, 15) is 32.7 Å². The lowest BCUT2D eigenvalue weighted by atomic mass is 10.0. The van der Waals surface area contributed by atoms with E-state index in [-0.39, 0.29) is 30.9 Å². The Morgan fingerprint density at radius 3 is 2.47 bits per heavy atom. The monoisotopic (exact) mass is 552 g/mol. The van der Waals surface area contributed by atoms with Gasteiger partial charge in [0.25, 0.3) is 5.91 Å². The fourth-order valence-corrected chi connectivity index (χ4v) is 5.29. The molecule has 206 valence electrons. The highest BCUT2D eigenvalue weighted by Gasteiger charge is 2.35. The number of anilines is 1. The first-order valence-electron chi connectivity index (χ1n) is 12.1. The van der Waals surface area contributed by atoms with E-state index in [0.29, 0.717) is 29.6 Å². The molecule has 0 aliphatic carbocycles. The van der Waals surface area contributed by atoms with E-state index in [4.69, 9.17) is 5.73 Å². The maximum atomic E-state index is 14.0. The molecule has 1 heterocycles. The number of hydrogen-bond donors (Lipinski definition) is 4. The van der Waals surface area contributed by atoms with E-state index in [2.05, 4.69) is 10.6 Å². The van der Waals surface area contributed by atoms with Crippen molar-refractivity contribution in [3.8, 4) is 0 Å². The second kappa shape index (κ2) is 13.0. The van der Waals surface area contributed by atoms with Gasteiger partial charge < -0.3 is 26.4 Å². The van der Waals surface area contributed by atoms with Crippen molar-refractivity contribution < 1.29 is 32.7 Å². The average molecular weight is 553 g/mol. The van der Waals surface area contributed by atoms with E-state index >= 15 is 0 Å². The van der Waals surface area contributed by atoms with Crippen LogP contribution in [0.25, 0.3) is 0 Å². The molecule has 0 radical (unpaired) electrons. The van der Waals surface area contributed by atoms with Gasteiger partial charge in [0.1, 0.15) is 11.9 Å². The molecule has 0 saturated carbocycles. The first kappa shape index (κ1) is 29.3. The van der Waals surface area contributed by atoms with Crippen LogP contribution in [0.5, 0.6) is 0 Å². The van der Waals surface area contributed by atoms with Crippen molar-refractivity contribution in [3.05, 3.63) is 65.0 Å². The van der Waals surface area contributed by atoms with E-state index in [0.717, 1.165) is 6.07 Å². The van der Waals surface area contributed by atoms with Gasteiger partial charge >= 0.3 is 5.97 Å². The molecule has 1 saturated heterocycles. The number of nitrogens with zero attached hydrogens (tertiary/aromatic N) is 1. The molecule has 12 heteroatoms. The molecule has 3 unspecified atom stereocenters. The number of aliphatic carboxylic acids is 1. The number of rotatable bonds is 11. The lowest BCUT2D eigenvalue weighted by Crippen LogP contribution is -2.46. The first-order chi connectivity index (χ1) is 18.0. The number of benzene rings is 2. The smallest absolute Gasteiger partial charge is 0.326 e. The van der Waals surface area contributed by atoms with Crippen LogP contribution < -0.4 is 16.4 Å². The summed E-state index contributed by atoms with van der Waals surface area (Å²) in [6, 6.07) is 6.52. The van der Waals surface area contributed by atoms with Gasteiger partial charge in [-0.1, -0.05) is 32.0 Å². The molecule has 1 aliphatic heterocycles. The zero-order valence-electron chi connectivity index (χ0n) is 21.0. The number of carbonyl (C=O) groups is 3. The van der Waals surface area contributed by atoms with Gasteiger partial charge in [-0.25, -0.2) is 18.0 Å². The molecular weight excluding hydrogens is 521 g/mol. The summed E-state index contributed by atoms with van der Waals surface area (Å²) in [5, 5.41) is 14.5. The minimum atomic E-state index is -1.31. The van der Waals surface area contributed by atoms with Crippen LogP contribution in [0, 0.1) is 23.4 Å². The van der Waals surface area contributed by atoms with Crippen molar-refractivity contribution in [1.29, 1.82) is 0 Å². The zero-order chi connectivity index (χ0) is 28.0. The summed E-state index contributed by atoms with van der Waals surface area (Å²) in [6.07, 6.45) is -0.384. The van der Waals surface area contributed by atoms with Gasteiger partial charge in [0.05, 0.1) is 0 Å². The van der Waals surface area contributed by atoms with Crippen molar-refractivity contribution >= 4 is 35.2 Å². The molecule has 2 aromatic carbocycles. The standard InChI is InChI=1S/C26H31F3N4O4S/c1-14(2)23(26(36)37)32-21-6-4-3-5-15(21)13-31-24(35)25-33(7-8-38-25)22(34)11-17(30)9-16-10-19(28)20(29)12-18(16)27/h3-6,10,12,14,17,23,25,32H,7-9,11,13,30H2,1-2H3,(H,31,35)(H,36,37). The summed E-state index contributed by atoms with van der Waals surface area (Å²) in [7, 11) is 0. The van der Waals surface area contributed by atoms with Gasteiger partial charge in [-0.3, -0.25) is 9.59 Å². The number of halogens is 3. The molecule has 5 N–H and O–H groups in total. The quantitative estimate of drug-likeness (QED) is 0.316. The topological polar surface area (TPSA) is 125 Å². The highest BCUT2D eigenvalue weighted by Crippen LogP contribution is 2.26. The summed E-state index contributed by atoms with van der Waals surface area (Å²) >= 11 is 1.29. The summed E-state index contributed by atoms with van der Waals surface area (Å²) in [4.78, 5) is 38.9. The minimum Gasteiger partial charge on any atom is -0.480 e. The third-order valence-electron chi connectivity index (χ3n) is 6.16. The summed E-state index contributed by atoms with van der Waals surface area (Å²) < 4.78 is 40.6. The van der Waals surface area contributed by atoms with Crippen molar-refractivity contribution in [2.45, 2.75) is 50.7 Å².